The Labute approximate surface area is 729 Å². The van der Waals surface area contributed by atoms with Gasteiger partial charge in [0.15, 0.2) is 17.5 Å². The molecule has 38 heteroatoms. The number of fused-ring (bicyclic) bond motifs is 4. The van der Waals surface area contributed by atoms with E-state index in [0.717, 1.165) is 61.3 Å². The molecule has 1 saturated heterocycles. The van der Waals surface area contributed by atoms with Gasteiger partial charge in [-0.25, -0.2) is 87.1 Å². The van der Waals surface area contributed by atoms with Crippen molar-refractivity contribution >= 4 is 111 Å². The minimum Gasteiger partial charge on any atom is -0.456 e. The lowest BCUT2D eigenvalue weighted by Gasteiger charge is -2.32. The standard InChI is InChI=1S/C23H17FN6.C16H11ClFN5.C16H12FN5O.C13H18BNO2.C13H12FN5.C5H6O2.Cl3OP/c24-19-3-2-17-14-30(15-18(17)13-19)23-27-12-8-21(29-23)22-26-11-7-20(28-22)4-1-16-5-9-25-10-6-16;17-14-4-6-19-15(22-14)13-3-5-20-16(21-13)23-8-10-1-2-12(18)7-11(10)9-23;17-12-2-1-10-8-22(9-11(10)7-12)16-19-5-3-13(20-16)15-18-6-4-14(23)21-15;1-12(2)13(3,4)17-14(16-12)8-5-11-6-9-15-10-7-11;14-10-2-1-8-6-19(7-9(8)5-10)13-17-4-3-11(18-13)12(15)16;1-3-5(6)7-4-2;1-5(2,3)4/h1-13H,14-15H2;1-7H,8-9H2;1-7H,8-9H2,(H,18,21,23);5-10H,1-4H3;1-5H,6-7H2,(H3,15,16);1H,4H2,2H3;/b4-1+;;;8-5+;;;. The fraction of sp³-hybridized carbons (Fsp3) is 0.186. The van der Waals surface area contributed by atoms with Gasteiger partial charge in [0.25, 0.3) is 5.56 Å². The summed E-state index contributed by atoms with van der Waals surface area (Å²) in [6.07, 6.45) is 28.8. The van der Waals surface area contributed by atoms with Crippen LogP contribution in [0.1, 0.15) is 102 Å². The van der Waals surface area contributed by atoms with Crippen LogP contribution < -0.4 is 30.9 Å². The van der Waals surface area contributed by atoms with E-state index in [-0.39, 0.29) is 53.0 Å². The van der Waals surface area contributed by atoms with Crippen molar-refractivity contribution < 1.29 is 41.0 Å². The lowest BCUT2D eigenvalue weighted by Crippen LogP contribution is -2.41. The number of carbonyl (C=O) groups excluding carboxylic acids is 1. The second-order valence-electron chi connectivity index (χ2n) is 28.4. The Hall–Kier alpha value is -13.2. The lowest BCUT2D eigenvalue weighted by molar-refractivity contribution is -0.136. The molecule has 0 radical (unpaired) electrons. The van der Waals surface area contributed by atoms with Crippen LogP contribution in [0.3, 0.4) is 0 Å². The van der Waals surface area contributed by atoms with Crippen molar-refractivity contribution in [1.82, 2.24) is 79.7 Å². The molecule has 14 heterocycles. The molecule has 0 bridgehead atoms. The molecule has 630 valence electrons. The summed E-state index contributed by atoms with van der Waals surface area (Å²) in [5.74, 6) is 5.64. The molecule has 0 unspecified atom stereocenters. The van der Waals surface area contributed by atoms with E-state index in [0.29, 0.717) is 128 Å². The van der Waals surface area contributed by atoms with Crippen molar-refractivity contribution in [2.75, 3.05) is 26.2 Å². The number of anilines is 4. The number of nitrogens with one attached hydrogen (secondary N) is 2. The van der Waals surface area contributed by atoms with Crippen LogP contribution in [0.4, 0.5) is 41.4 Å². The third kappa shape index (κ3) is 25.5. The molecular formula is C86H76BCl4F4N22O6P. The number of terminal acetylenes is 1. The molecule has 124 heavy (non-hydrogen) atoms. The number of nitrogens with zero attached hydrogens (tertiary/aromatic N) is 19. The number of rotatable bonds is 13. The SMILES string of the molecule is C#CC(=O)OCC.CC1(C)OB(/C=C/c2ccncc2)OC1(C)C.Fc1ccc2c(c1)CN(c1nccc(-c3nccc(/C=C/c4ccncc4)n3)n1)C2.Fc1ccc2c(c1)CN(c1nccc(-c3nccc(Cl)n3)n1)C2.N=C(N)c1ccnc(N2Cc3ccc(F)cc3C2)n1.O=P(Cl)(Cl)Cl.O=c1ccnc(-c2ccnc(N3Cc4ccc(F)cc4C3)n2)[nH]1. The summed E-state index contributed by atoms with van der Waals surface area (Å²) in [5.41, 5.74) is 17.8. The smallest absolute Gasteiger partial charge is 0.456 e. The summed E-state index contributed by atoms with van der Waals surface area (Å²) in [6, 6.07) is 38.6. The van der Waals surface area contributed by atoms with Crippen molar-refractivity contribution in [3.05, 3.63) is 319 Å². The Kier molecular flexibility index (Phi) is 30.2. The first-order valence-corrected chi connectivity index (χ1v) is 42.8. The van der Waals surface area contributed by atoms with Crippen LogP contribution in [-0.2, 0) is 75.8 Å². The number of aromatic nitrogens is 16. The van der Waals surface area contributed by atoms with Gasteiger partial charge in [0.05, 0.1) is 23.5 Å². The topological polar surface area (TPSA) is 351 Å². The number of amidine groups is 1. The predicted octanol–water partition coefficient (Wildman–Crippen LogP) is 16.4. The van der Waals surface area contributed by atoms with Gasteiger partial charge in [0, 0.05) is 133 Å². The first-order chi connectivity index (χ1) is 59.5. The number of esters is 1. The maximum Gasteiger partial charge on any atom is 0.487 e. The summed E-state index contributed by atoms with van der Waals surface area (Å²) in [5, 5.41) is 4.52. The van der Waals surface area contributed by atoms with Crippen LogP contribution in [0.2, 0.25) is 5.15 Å². The Morgan fingerprint density at radius 1 is 0.516 bits per heavy atom. The van der Waals surface area contributed by atoms with Gasteiger partial charge >= 0.3 is 18.3 Å². The molecule has 0 atom stereocenters. The number of ether oxygens (including phenoxy) is 1. The number of benzene rings is 4. The van der Waals surface area contributed by atoms with E-state index in [1.54, 1.807) is 135 Å². The van der Waals surface area contributed by atoms with Crippen molar-refractivity contribution in [1.29, 1.82) is 5.41 Å². The van der Waals surface area contributed by atoms with Gasteiger partial charge in [-0.3, -0.25) is 24.7 Å². The van der Waals surface area contributed by atoms with Gasteiger partial charge in [-0.05, 0) is 239 Å². The monoisotopic (exact) mass is 1770 g/mol. The molecule has 5 aliphatic heterocycles. The van der Waals surface area contributed by atoms with Crippen molar-refractivity contribution in [3.63, 3.8) is 0 Å². The van der Waals surface area contributed by atoms with Crippen molar-refractivity contribution in [2.24, 2.45) is 5.73 Å². The van der Waals surface area contributed by atoms with Gasteiger partial charge in [-0.15, -0.1) is 6.42 Å². The molecule has 28 nitrogen and oxygen atoms in total. The molecule has 5 aliphatic rings. The zero-order valence-electron chi connectivity index (χ0n) is 67.0. The predicted molar refractivity (Wildman–Crippen MR) is 468 cm³/mol. The summed E-state index contributed by atoms with van der Waals surface area (Å²) in [6.45, 7) is 15.1. The van der Waals surface area contributed by atoms with Gasteiger partial charge in [-0.1, -0.05) is 54.0 Å². The Morgan fingerprint density at radius 3 is 1.31 bits per heavy atom. The molecule has 0 saturated carbocycles. The minimum absolute atomic E-state index is 0.0913. The minimum atomic E-state index is -3.22. The highest BCUT2D eigenvalue weighted by Gasteiger charge is 2.50. The van der Waals surface area contributed by atoms with Crippen LogP contribution in [-0.4, -0.2) is 116 Å². The normalized spacial score (nSPS) is 14.0. The highest BCUT2D eigenvalue weighted by molar-refractivity contribution is 8.24. The average Bonchev–Trinajstić information content (AvgIpc) is 1.63. The number of carbonyl (C=O) groups is 1. The largest absolute Gasteiger partial charge is 0.487 e. The van der Waals surface area contributed by atoms with Crippen molar-refractivity contribution in [3.8, 4) is 46.9 Å². The molecule has 0 aliphatic carbocycles. The number of H-pyrrole nitrogens is 1. The number of hydrogen-bond acceptors (Lipinski definition) is 26. The summed E-state index contributed by atoms with van der Waals surface area (Å²) < 4.78 is 78.9. The van der Waals surface area contributed by atoms with E-state index < -0.39 is 11.2 Å². The maximum atomic E-state index is 13.5. The third-order valence-corrected chi connectivity index (χ3v) is 19.4. The number of aromatic amines is 1. The Balaban J connectivity index is 0.000000138. The van der Waals surface area contributed by atoms with Gasteiger partial charge < -0.3 is 44.4 Å². The second kappa shape index (κ2) is 41.6. The molecular weight excluding hydrogens is 1700 g/mol. The quantitative estimate of drug-likeness (QED) is 0.0111. The number of pyridine rings is 2. The first-order valence-electron chi connectivity index (χ1n) is 38.0. The van der Waals surface area contributed by atoms with Crippen LogP contribution in [0.5, 0.6) is 0 Å². The highest BCUT2D eigenvalue weighted by Crippen LogP contribution is 2.61. The summed E-state index contributed by atoms with van der Waals surface area (Å²) in [7, 11) is -0.284. The second-order valence-corrected chi connectivity index (χ2v) is 35.4. The molecule has 18 rings (SSSR count). The average molecular weight is 1770 g/mol. The van der Waals surface area contributed by atoms with E-state index in [2.05, 4.69) is 125 Å². The van der Waals surface area contributed by atoms with Crippen LogP contribution in [0.15, 0.2) is 218 Å². The summed E-state index contributed by atoms with van der Waals surface area (Å²) in [4.78, 5) is 96.3. The van der Waals surface area contributed by atoms with Crippen molar-refractivity contribution in [2.45, 2.75) is 98.2 Å². The van der Waals surface area contributed by atoms with Crippen LogP contribution >= 0.6 is 50.5 Å². The fourth-order valence-electron chi connectivity index (χ4n) is 12.6. The van der Waals surface area contributed by atoms with Gasteiger partial charge in [0.1, 0.15) is 57.0 Å². The molecule has 13 aromatic rings. The molecule has 0 amide bonds. The number of hydrogen-bond donors (Lipinski definition) is 3. The maximum absolute atomic E-state index is 13.5. The fourth-order valence-corrected chi connectivity index (χ4v) is 12.7. The molecule has 9 aromatic heterocycles. The highest BCUT2D eigenvalue weighted by atomic mass is 36.0. The number of nitrogens with two attached hydrogens (primary N) is 1. The van der Waals surface area contributed by atoms with E-state index >= 15 is 0 Å². The van der Waals surface area contributed by atoms with Crippen LogP contribution in [0, 0.1) is 41.0 Å². The van der Waals surface area contributed by atoms with E-state index in [9.17, 15) is 31.7 Å². The molecule has 0 spiro atoms. The Bertz CT molecular complexity index is 6170. The molecule has 4 aromatic carbocycles. The number of halogens is 8. The Morgan fingerprint density at radius 2 is 0.895 bits per heavy atom. The molecule has 4 N–H and O–H groups in total. The van der Waals surface area contributed by atoms with E-state index in [1.807, 2.05) is 108 Å². The zero-order valence-corrected chi connectivity index (χ0v) is 70.9. The van der Waals surface area contributed by atoms with E-state index in [1.165, 1.54) is 48.7 Å². The van der Waals surface area contributed by atoms with Crippen LogP contribution in [0.25, 0.3) is 52.8 Å². The lowest BCUT2D eigenvalue weighted by atomic mass is 9.89. The van der Waals surface area contributed by atoms with E-state index in [4.69, 9.17) is 32.1 Å². The number of nitrogen functional groups attached to an aromatic ring is 1. The first kappa shape index (κ1) is 90.1. The van der Waals surface area contributed by atoms with Gasteiger partial charge in [-0.2, -0.15) is 0 Å². The summed E-state index contributed by atoms with van der Waals surface area (Å²) >= 11 is 19.7. The molecule has 1 fully saturated rings. The third-order valence-electron chi connectivity index (χ3n) is 19.2. The van der Waals surface area contributed by atoms with Gasteiger partial charge in [0.2, 0.25) is 23.8 Å². The zero-order chi connectivity index (χ0) is 88.1.